The molecule has 0 aliphatic heterocycles. The summed E-state index contributed by atoms with van der Waals surface area (Å²) in [6.45, 7) is 7.09. The van der Waals surface area contributed by atoms with Gasteiger partial charge in [0.1, 0.15) is 6.61 Å². The van der Waals surface area contributed by atoms with Crippen LogP contribution in [0.1, 0.15) is 194 Å². The molecule has 0 aromatic carbocycles. The molecular weight excluding hydrogens is 834 g/mol. The van der Waals surface area contributed by atoms with E-state index in [0.717, 1.165) is 109 Å². The Morgan fingerprint density at radius 1 is 0.578 bits per heavy atom. The number of ether oxygens (including phenoxy) is 2. The maximum atomic E-state index is 13.4. The van der Waals surface area contributed by atoms with Gasteiger partial charge in [-0.05, 0) is 123 Å². The largest absolute Gasteiger partial charge is 0.474 e. The Bertz CT molecular complexity index is 1200. The number of amides is 1. The molecule has 0 heterocycles. The molecule has 0 spiro atoms. The molecule has 14 nitrogen and oxygen atoms in total. The van der Waals surface area contributed by atoms with Crippen molar-refractivity contribution in [2.75, 3.05) is 66.2 Å². The summed E-state index contributed by atoms with van der Waals surface area (Å²) in [4.78, 5) is 38.6. The van der Waals surface area contributed by atoms with Crippen LogP contribution >= 0.6 is 7.82 Å². The minimum atomic E-state index is -4.12. The van der Waals surface area contributed by atoms with Gasteiger partial charge in [0, 0.05) is 26.5 Å². The van der Waals surface area contributed by atoms with E-state index in [1.807, 2.05) is 0 Å². The zero-order valence-corrected chi connectivity index (χ0v) is 41.8. The lowest BCUT2D eigenvalue weighted by atomic mass is 10.1. The number of esters is 2. The molecule has 376 valence electrons. The average Bonchev–Trinajstić information content (AvgIpc) is 3.29. The second-order valence-corrected chi connectivity index (χ2v) is 18.6. The molecule has 0 aromatic heterocycles. The van der Waals surface area contributed by atoms with E-state index in [4.69, 9.17) is 34.5 Å². The van der Waals surface area contributed by atoms with E-state index in [1.54, 1.807) is 0 Å². The van der Waals surface area contributed by atoms with E-state index in [2.05, 4.69) is 54.1 Å². The number of nitrogens with two attached hydrogens (primary N) is 2. The topological polar surface area (TPSA) is 203 Å². The van der Waals surface area contributed by atoms with Crippen LogP contribution in [0.15, 0.2) is 24.3 Å². The van der Waals surface area contributed by atoms with Crippen LogP contribution < -0.4 is 27.4 Å². The summed E-state index contributed by atoms with van der Waals surface area (Å²) in [5.74, 6) is -1.04. The van der Waals surface area contributed by atoms with Gasteiger partial charge in [-0.25, -0.2) is 4.57 Å². The van der Waals surface area contributed by atoms with Crippen LogP contribution in [0.2, 0.25) is 0 Å². The van der Waals surface area contributed by atoms with E-state index in [0.29, 0.717) is 38.9 Å². The van der Waals surface area contributed by atoms with Crippen molar-refractivity contribution in [2.45, 2.75) is 206 Å². The summed E-state index contributed by atoms with van der Waals surface area (Å²) < 4.78 is 40.8. The number of carbonyl (C=O) groups excluding carboxylic acids is 3. The average molecular weight is 930 g/mol. The third-order valence-electron chi connectivity index (χ3n) is 10.8. The van der Waals surface area contributed by atoms with Gasteiger partial charge in [-0.2, -0.15) is 0 Å². The van der Waals surface area contributed by atoms with Gasteiger partial charge < -0.3 is 36.9 Å². The Hall–Kier alpha value is -2.16. The van der Waals surface area contributed by atoms with Gasteiger partial charge in [0.15, 0.2) is 6.10 Å². The Morgan fingerprint density at radius 2 is 1.08 bits per heavy atom. The zero-order valence-electron chi connectivity index (χ0n) is 40.9. The van der Waals surface area contributed by atoms with Crippen LogP contribution in [0.25, 0.3) is 0 Å². The molecule has 0 bridgehead atoms. The monoisotopic (exact) mass is 930 g/mol. The van der Waals surface area contributed by atoms with Crippen molar-refractivity contribution < 1.29 is 42.0 Å². The van der Waals surface area contributed by atoms with Crippen LogP contribution in [0.5, 0.6) is 0 Å². The predicted octanol–water partition coefficient (Wildman–Crippen LogP) is 9.89. The van der Waals surface area contributed by atoms with Crippen LogP contribution in [-0.2, 0) is 42.0 Å². The summed E-state index contributed by atoms with van der Waals surface area (Å²) in [6.07, 6.45) is 36.3. The number of rotatable bonds is 49. The molecular formula is C49H96N5O9P. The summed E-state index contributed by atoms with van der Waals surface area (Å²) in [6, 6.07) is -0.425. The zero-order chi connectivity index (χ0) is 47.0. The van der Waals surface area contributed by atoms with Crippen LogP contribution in [0, 0.1) is 0 Å². The second-order valence-electron chi connectivity index (χ2n) is 16.8. The number of phosphoric acid groups is 1. The molecule has 64 heavy (non-hydrogen) atoms. The fraction of sp³-hybridized carbons (Fsp3) is 0.857. The Kier molecular flexibility index (Phi) is 45.7. The fourth-order valence-electron chi connectivity index (χ4n) is 6.85. The number of phosphoric ester groups is 1. The number of carbonyl (C=O) groups is 3. The molecule has 7 N–H and O–H groups in total. The molecule has 3 atom stereocenters. The lowest BCUT2D eigenvalue weighted by molar-refractivity contribution is -0.161. The molecule has 0 fully saturated rings. The smallest absolute Gasteiger partial charge is 0.462 e. The molecule has 0 saturated carbocycles. The highest BCUT2D eigenvalue weighted by molar-refractivity contribution is 7.48. The quantitative estimate of drug-likeness (QED) is 0.0167. The first-order valence-corrected chi connectivity index (χ1v) is 26.9. The van der Waals surface area contributed by atoms with E-state index < -0.39 is 25.9 Å². The van der Waals surface area contributed by atoms with Crippen molar-refractivity contribution in [1.82, 2.24) is 16.0 Å². The SMILES string of the molecule is CCCCCC/C=C/CCCCCCCC(=O)OCC(COP(=O)(OC)OCCNC(=O)C(CCCNCCCN)NCCCN)OC(=O)CCCCCCC/C=C/CCCCCC. The van der Waals surface area contributed by atoms with Gasteiger partial charge in [-0.1, -0.05) is 115 Å². The highest BCUT2D eigenvalue weighted by atomic mass is 31.2. The molecule has 0 aliphatic rings. The molecule has 0 aromatic rings. The predicted molar refractivity (Wildman–Crippen MR) is 262 cm³/mol. The highest BCUT2D eigenvalue weighted by Crippen LogP contribution is 2.48. The second kappa shape index (κ2) is 47.3. The molecule has 0 rings (SSSR count). The van der Waals surface area contributed by atoms with Crippen LogP contribution in [-0.4, -0.2) is 96.2 Å². The summed E-state index contributed by atoms with van der Waals surface area (Å²) in [7, 11) is -2.92. The van der Waals surface area contributed by atoms with Crippen molar-refractivity contribution in [3.05, 3.63) is 24.3 Å². The first-order chi connectivity index (χ1) is 31.2. The summed E-state index contributed by atoms with van der Waals surface area (Å²) in [5, 5.41) is 9.41. The van der Waals surface area contributed by atoms with Gasteiger partial charge in [0.25, 0.3) is 0 Å². The van der Waals surface area contributed by atoms with Crippen molar-refractivity contribution in [1.29, 1.82) is 0 Å². The van der Waals surface area contributed by atoms with E-state index >= 15 is 0 Å². The first kappa shape index (κ1) is 61.8. The van der Waals surface area contributed by atoms with Gasteiger partial charge in [0.05, 0.1) is 19.3 Å². The first-order valence-electron chi connectivity index (χ1n) is 25.5. The maximum Gasteiger partial charge on any atom is 0.474 e. The lowest BCUT2D eigenvalue weighted by Gasteiger charge is -2.22. The van der Waals surface area contributed by atoms with E-state index in [9.17, 15) is 18.9 Å². The Balaban J connectivity index is 4.96. The van der Waals surface area contributed by atoms with Gasteiger partial charge in [-0.15, -0.1) is 0 Å². The van der Waals surface area contributed by atoms with E-state index in [1.165, 1.54) is 58.5 Å². The summed E-state index contributed by atoms with van der Waals surface area (Å²) >= 11 is 0. The Morgan fingerprint density at radius 3 is 1.62 bits per heavy atom. The van der Waals surface area contributed by atoms with Crippen molar-refractivity contribution in [3.8, 4) is 0 Å². The number of unbranched alkanes of at least 4 members (excludes halogenated alkanes) is 18. The lowest BCUT2D eigenvalue weighted by Crippen LogP contribution is -2.46. The molecule has 15 heteroatoms. The minimum Gasteiger partial charge on any atom is -0.462 e. The standard InChI is InChI=1S/C49H96N5O9P/c1-4-6-8-10-12-14-16-18-20-22-24-26-28-34-47(55)60-43-45(63-48(56)35-29-27-25-23-21-19-17-15-13-11-9-7-5-2)44-62-64(58,59-3)61-42-41-54-49(57)46(53-40-32-37-51)33-30-38-52-39-31-36-50/h14-17,45-46,52-53H,4-13,18-44,50-51H2,1-3H3,(H,54,57)/b16-14+,17-15+. The van der Waals surface area contributed by atoms with E-state index in [-0.39, 0.29) is 51.1 Å². The Labute approximate surface area is 390 Å². The molecule has 0 aliphatic carbocycles. The van der Waals surface area contributed by atoms with Gasteiger partial charge >= 0.3 is 19.8 Å². The van der Waals surface area contributed by atoms with Gasteiger partial charge in [0.2, 0.25) is 5.91 Å². The third kappa shape index (κ3) is 41.3. The highest BCUT2D eigenvalue weighted by Gasteiger charge is 2.29. The number of nitrogens with one attached hydrogen (secondary N) is 3. The normalized spacial score (nSPS) is 13.6. The third-order valence-corrected chi connectivity index (χ3v) is 12.2. The van der Waals surface area contributed by atoms with Crippen molar-refractivity contribution in [2.24, 2.45) is 11.5 Å². The number of hydrogen-bond acceptors (Lipinski definition) is 13. The number of allylic oxidation sites excluding steroid dienone is 4. The molecule has 1 amide bonds. The van der Waals surface area contributed by atoms with Crippen LogP contribution in [0.3, 0.4) is 0 Å². The van der Waals surface area contributed by atoms with Crippen molar-refractivity contribution in [3.63, 3.8) is 0 Å². The molecule has 0 saturated heterocycles. The van der Waals surface area contributed by atoms with Gasteiger partial charge in [-0.3, -0.25) is 28.0 Å². The maximum absolute atomic E-state index is 13.4. The minimum absolute atomic E-state index is 0.0570. The molecule has 3 unspecified atom stereocenters. The number of hydrogen-bond donors (Lipinski definition) is 5. The summed E-state index contributed by atoms with van der Waals surface area (Å²) in [5.41, 5.74) is 11.2. The van der Waals surface area contributed by atoms with Crippen LogP contribution in [0.4, 0.5) is 0 Å². The molecule has 0 radical (unpaired) electrons. The fourth-order valence-corrected chi connectivity index (χ4v) is 7.80. The van der Waals surface area contributed by atoms with Crippen molar-refractivity contribution >= 4 is 25.7 Å².